The maximum absolute atomic E-state index is 9.13. The number of rotatable bonds is 2. The Kier molecular flexibility index (Phi) is 5.23. The van der Waals surface area contributed by atoms with Crippen molar-refractivity contribution in [3.8, 4) is 0 Å². The van der Waals surface area contributed by atoms with E-state index in [0.717, 1.165) is 12.8 Å². The molecule has 0 saturated carbocycles. The number of hydrogen-bond donors (Lipinski definition) is 2. The lowest BCUT2D eigenvalue weighted by Gasteiger charge is -2.17. The molecular formula is C6H17NO. The normalized spacial score (nSPS) is 10.5. The number of aliphatic hydroxyl groups is 1. The van der Waals surface area contributed by atoms with Crippen molar-refractivity contribution in [3.05, 3.63) is 0 Å². The Hall–Kier alpha value is -0.0800. The van der Waals surface area contributed by atoms with Gasteiger partial charge in [-0.15, -0.1) is 0 Å². The predicted molar refractivity (Wildman–Crippen MR) is 36.2 cm³/mol. The third-order valence-electron chi connectivity index (χ3n) is 1.52. The largest absolute Gasteiger partial charge is 0.390 e. The second-order valence-corrected chi connectivity index (χ2v) is 2.20. The summed E-state index contributed by atoms with van der Waals surface area (Å²) in [6, 6.07) is 0. The van der Waals surface area contributed by atoms with Gasteiger partial charge in [-0.25, -0.2) is 0 Å². The maximum atomic E-state index is 9.13. The molecule has 0 radical (unpaired) electrons. The highest BCUT2D eigenvalue weighted by Gasteiger charge is 2.12. The Morgan fingerprint density at radius 1 is 1.25 bits per heavy atom. The number of hydrogen-bond acceptors (Lipinski definition) is 2. The van der Waals surface area contributed by atoms with Crippen LogP contribution in [0.1, 0.15) is 33.6 Å². The van der Waals surface area contributed by atoms with Crippen molar-refractivity contribution < 1.29 is 5.11 Å². The molecule has 0 aromatic carbocycles. The van der Waals surface area contributed by atoms with Crippen molar-refractivity contribution in [3.63, 3.8) is 0 Å². The zero-order valence-corrected chi connectivity index (χ0v) is 6.07. The van der Waals surface area contributed by atoms with Gasteiger partial charge in [-0.3, -0.25) is 0 Å². The summed E-state index contributed by atoms with van der Waals surface area (Å²) < 4.78 is 0. The molecule has 0 aromatic rings. The van der Waals surface area contributed by atoms with E-state index in [2.05, 4.69) is 0 Å². The first-order chi connectivity index (χ1) is 3.12. The molecule has 0 aliphatic carbocycles. The van der Waals surface area contributed by atoms with Crippen LogP contribution in [-0.2, 0) is 0 Å². The van der Waals surface area contributed by atoms with Crippen molar-refractivity contribution in [2.75, 3.05) is 0 Å². The van der Waals surface area contributed by atoms with Crippen LogP contribution in [-0.4, -0.2) is 10.7 Å². The molecule has 0 spiro atoms. The van der Waals surface area contributed by atoms with Crippen LogP contribution in [0.2, 0.25) is 0 Å². The quantitative estimate of drug-likeness (QED) is 0.581. The molecule has 0 aliphatic heterocycles. The zero-order chi connectivity index (χ0) is 5.91. The fourth-order valence-corrected chi connectivity index (χ4v) is 0.250. The summed E-state index contributed by atoms with van der Waals surface area (Å²) in [5.74, 6) is 0. The molecule has 8 heavy (non-hydrogen) atoms. The molecule has 0 bridgehead atoms. The Bertz CT molecular complexity index is 46.5. The van der Waals surface area contributed by atoms with Crippen LogP contribution in [0.25, 0.3) is 0 Å². The van der Waals surface area contributed by atoms with Gasteiger partial charge in [-0.1, -0.05) is 13.8 Å². The lowest BCUT2D eigenvalue weighted by molar-refractivity contribution is 0.0521. The monoisotopic (exact) mass is 119 g/mol. The van der Waals surface area contributed by atoms with Gasteiger partial charge in [0.05, 0.1) is 5.60 Å². The molecule has 0 fully saturated rings. The van der Waals surface area contributed by atoms with Gasteiger partial charge < -0.3 is 11.3 Å². The molecule has 2 nitrogen and oxygen atoms in total. The molecule has 52 valence electrons. The van der Waals surface area contributed by atoms with Crippen LogP contribution in [0.4, 0.5) is 0 Å². The first-order valence-corrected chi connectivity index (χ1v) is 2.84. The molecule has 2 heteroatoms. The van der Waals surface area contributed by atoms with Crippen LogP contribution in [0.3, 0.4) is 0 Å². The standard InChI is InChI=1S/C6H14O.H3N/c1-4-6(3,7)5-2;/h7H,4-5H2,1-3H3;1H3. The zero-order valence-electron chi connectivity index (χ0n) is 6.07. The van der Waals surface area contributed by atoms with Crippen molar-refractivity contribution >= 4 is 0 Å². The van der Waals surface area contributed by atoms with Gasteiger partial charge in [0.15, 0.2) is 0 Å². The van der Waals surface area contributed by atoms with Crippen LogP contribution >= 0.6 is 0 Å². The van der Waals surface area contributed by atoms with E-state index in [1.807, 2.05) is 20.8 Å². The van der Waals surface area contributed by atoms with Crippen LogP contribution in [0.5, 0.6) is 0 Å². The molecular weight excluding hydrogens is 102 g/mol. The average Bonchev–Trinajstić information content (AvgIpc) is 1.68. The van der Waals surface area contributed by atoms with Crippen LogP contribution in [0, 0.1) is 0 Å². The Labute approximate surface area is 51.5 Å². The van der Waals surface area contributed by atoms with E-state index >= 15 is 0 Å². The molecule has 0 unspecified atom stereocenters. The van der Waals surface area contributed by atoms with E-state index in [-0.39, 0.29) is 6.15 Å². The molecule has 4 N–H and O–H groups in total. The molecule has 0 aromatic heterocycles. The van der Waals surface area contributed by atoms with E-state index in [9.17, 15) is 0 Å². The first kappa shape index (κ1) is 10.8. The molecule has 0 atom stereocenters. The fourth-order valence-electron chi connectivity index (χ4n) is 0.250. The summed E-state index contributed by atoms with van der Waals surface area (Å²) in [5, 5.41) is 9.13. The van der Waals surface area contributed by atoms with E-state index in [1.165, 1.54) is 0 Å². The van der Waals surface area contributed by atoms with E-state index in [1.54, 1.807) is 0 Å². The van der Waals surface area contributed by atoms with E-state index in [0.29, 0.717) is 0 Å². The maximum Gasteiger partial charge on any atom is 0.0614 e. The van der Waals surface area contributed by atoms with Gasteiger partial charge in [-0.2, -0.15) is 0 Å². The molecule has 0 rings (SSSR count). The van der Waals surface area contributed by atoms with E-state index in [4.69, 9.17) is 5.11 Å². The molecule has 0 heterocycles. The highest BCUT2D eigenvalue weighted by molar-refractivity contribution is 4.65. The lowest BCUT2D eigenvalue weighted by atomic mass is 10.0. The summed E-state index contributed by atoms with van der Waals surface area (Å²) in [5.41, 5.74) is -0.417. The summed E-state index contributed by atoms with van der Waals surface area (Å²) in [4.78, 5) is 0. The van der Waals surface area contributed by atoms with Crippen molar-refractivity contribution in [2.24, 2.45) is 0 Å². The van der Waals surface area contributed by atoms with Crippen LogP contribution < -0.4 is 6.15 Å². The van der Waals surface area contributed by atoms with Crippen molar-refractivity contribution in [2.45, 2.75) is 39.2 Å². The Balaban J connectivity index is 0. The lowest BCUT2D eigenvalue weighted by Crippen LogP contribution is -2.20. The fraction of sp³-hybridized carbons (Fsp3) is 1.00. The smallest absolute Gasteiger partial charge is 0.0614 e. The van der Waals surface area contributed by atoms with Gasteiger partial charge in [-0.05, 0) is 19.8 Å². The summed E-state index contributed by atoms with van der Waals surface area (Å²) >= 11 is 0. The van der Waals surface area contributed by atoms with E-state index < -0.39 is 5.60 Å². The predicted octanol–water partition coefficient (Wildman–Crippen LogP) is 1.72. The second kappa shape index (κ2) is 3.87. The minimum atomic E-state index is -0.417. The van der Waals surface area contributed by atoms with Gasteiger partial charge in [0, 0.05) is 0 Å². The van der Waals surface area contributed by atoms with Gasteiger partial charge in [0.25, 0.3) is 0 Å². The highest BCUT2D eigenvalue weighted by atomic mass is 16.3. The van der Waals surface area contributed by atoms with Crippen molar-refractivity contribution in [1.29, 1.82) is 0 Å². The minimum Gasteiger partial charge on any atom is -0.390 e. The SMILES string of the molecule is CCC(C)(O)CC.N. The molecule has 0 saturated heterocycles. The minimum absolute atomic E-state index is 0. The van der Waals surface area contributed by atoms with Gasteiger partial charge >= 0.3 is 0 Å². The summed E-state index contributed by atoms with van der Waals surface area (Å²) in [6.45, 7) is 5.83. The highest BCUT2D eigenvalue weighted by Crippen LogP contribution is 2.11. The Morgan fingerprint density at radius 3 is 1.50 bits per heavy atom. The third-order valence-corrected chi connectivity index (χ3v) is 1.52. The van der Waals surface area contributed by atoms with Crippen molar-refractivity contribution in [1.82, 2.24) is 6.15 Å². The van der Waals surface area contributed by atoms with Gasteiger partial charge in [0.1, 0.15) is 0 Å². The topological polar surface area (TPSA) is 55.2 Å². The Morgan fingerprint density at radius 2 is 1.50 bits per heavy atom. The molecule has 0 amide bonds. The van der Waals surface area contributed by atoms with Crippen LogP contribution in [0.15, 0.2) is 0 Å². The molecule has 0 aliphatic rings. The summed E-state index contributed by atoms with van der Waals surface area (Å²) in [7, 11) is 0. The third kappa shape index (κ3) is 4.09. The average molecular weight is 119 g/mol. The second-order valence-electron chi connectivity index (χ2n) is 2.20. The summed E-state index contributed by atoms with van der Waals surface area (Å²) in [6.07, 6.45) is 1.70. The first-order valence-electron chi connectivity index (χ1n) is 2.84. The van der Waals surface area contributed by atoms with Gasteiger partial charge in [0.2, 0.25) is 0 Å².